The molecule has 2 aromatic carbocycles. The third-order valence-electron chi connectivity index (χ3n) is 5.91. The van der Waals surface area contributed by atoms with Gasteiger partial charge in [0.05, 0.1) is 23.6 Å². The fraction of sp³-hybridized carbons (Fsp3) is 0.192. The van der Waals surface area contributed by atoms with Gasteiger partial charge in [0.25, 0.3) is 5.89 Å². The summed E-state index contributed by atoms with van der Waals surface area (Å²) in [5, 5.41) is 10.4. The Kier molecular flexibility index (Phi) is 6.17. The third-order valence-corrected chi connectivity index (χ3v) is 7.08. The molecule has 0 spiro atoms. The lowest BCUT2D eigenvalue weighted by Crippen LogP contribution is -2.46. The number of methoxy groups -OCH3 is 1. The Morgan fingerprint density at radius 1 is 1.15 bits per heavy atom. The molecule has 34 heavy (non-hydrogen) atoms. The van der Waals surface area contributed by atoms with Gasteiger partial charge >= 0.3 is 0 Å². The van der Waals surface area contributed by atoms with E-state index in [2.05, 4.69) is 41.7 Å². The van der Waals surface area contributed by atoms with Gasteiger partial charge in [0, 0.05) is 11.4 Å². The van der Waals surface area contributed by atoms with E-state index in [-0.39, 0.29) is 6.04 Å². The summed E-state index contributed by atoms with van der Waals surface area (Å²) in [5.74, 6) is 1.80. The van der Waals surface area contributed by atoms with Gasteiger partial charge in [-0.1, -0.05) is 42.4 Å². The van der Waals surface area contributed by atoms with E-state index in [1.807, 2.05) is 53.6 Å². The molecule has 8 heteroatoms. The van der Waals surface area contributed by atoms with Crippen LogP contribution in [0.5, 0.6) is 5.75 Å². The number of aryl methyl sites for hydroxylation is 1. The minimum absolute atomic E-state index is 0.273. The van der Waals surface area contributed by atoms with Gasteiger partial charge in [0.1, 0.15) is 5.75 Å². The first-order valence-electron chi connectivity index (χ1n) is 11.0. The Morgan fingerprint density at radius 2 is 1.97 bits per heavy atom. The summed E-state index contributed by atoms with van der Waals surface area (Å²) in [4.78, 5) is 7.74. The zero-order valence-electron chi connectivity index (χ0n) is 19.1. The second kappa shape index (κ2) is 9.40. The zero-order chi connectivity index (χ0) is 23.7. The Morgan fingerprint density at radius 3 is 2.68 bits per heavy atom. The van der Waals surface area contributed by atoms with Crippen LogP contribution >= 0.6 is 23.6 Å². The van der Waals surface area contributed by atoms with Crippen LogP contribution in [0.4, 0.5) is 5.69 Å². The SMILES string of the molecule is CCc1ccc(N2C(=S)NC(c3cccc(OC)c3)C(c3nc(-c4cccs4)no3)=C2C)cc1. The van der Waals surface area contributed by atoms with E-state index in [4.69, 9.17) is 26.5 Å². The minimum atomic E-state index is -0.273. The Balaban J connectivity index is 1.65. The van der Waals surface area contributed by atoms with Crippen LogP contribution in [-0.4, -0.2) is 22.4 Å². The second-order valence-corrected chi connectivity index (χ2v) is 9.25. The summed E-state index contributed by atoms with van der Waals surface area (Å²) in [6.07, 6.45) is 0.981. The largest absolute Gasteiger partial charge is 0.497 e. The number of nitrogens with one attached hydrogen (secondary N) is 1. The van der Waals surface area contributed by atoms with Crippen molar-refractivity contribution in [3.8, 4) is 16.5 Å². The average molecular weight is 489 g/mol. The van der Waals surface area contributed by atoms with Crippen molar-refractivity contribution < 1.29 is 9.26 Å². The van der Waals surface area contributed by atoms with Crippen molar-refractivity contribution in [2.45, 2.75) is 26.3 Å². The van der Waals surface area contributed by atoms with E-state index in [9.17, 15) is 0 Å². The molecule has 0 bridgehead atoms. The maximum absolute atomic E-state index is 5.84. The topological polar surface area (TPSA) is 63.4 Å². The smallest absolute Gasteiger partial charge is 0.258 e. The van der Waals surface area contributed by atoms with Gasteiger partial charge in [-0.15, -0.1) is 11.3 Å². The van der Waals surface area contributed by atoms with Gasteiger partial charge in [-0.05, 0) is 72.4 Å². The molecule has 4 aromatic rings. The van der Waals surface area contributed by atoms with Crippen molar-refractivity contribution in [2.24, 2.45) is 0 Å². The Labute approximate surface area is 207 Å². The summed E-state index contributed by atoms with van der Waals surface area (Å²) in [6.45, 7) is 4.18. The number of benzene rings is 2. The summed E-state index contributed by atoms with van der Waals surface area (Å²) in [6, 6.07) is 20.0. The number of hydrogen-bond donors (Lipinski definition) is 1. The fourth-order valence-electron chi connectivity index (χ4n) is 4.12. The van der Waals surface area contributed by atoms with Gasteiger partial charge < -0.3 is 14.6 Å². The number of hydrogen-bond acceptors (Lipinski definition) is 6. The molecule has 3 heterocycles. The molecule has 1 aliphatic heterocycles. The normalized spacial score (nSPS) is 16.0. The number of thiocarbonyl (C=S) groups is 1. The number of allylic oxidation sites excluding steroid dienone is 1. The molecule has 2 aromatic heterocycles. The molecule has 1 N–H and O–H groups in total. The van der Waals surface area contributed by atoms with Crippen molar-refractivity contribution in [1.82, 2.24) is 15.5 Å². The molecular formula is C26H24N4O2S2. The van der Waals surface area contributed by atoms with Crippen LogP contribution in [0.15, 0.2) is 76.3 Å². The number of thiophene rings is 1. The molecule has 6 nitrogen and oxygen atoms in total. The van der Waals surface area contributed by atoms with Crippen molar-refractivity contribution in [3.63, 3.8) is 0 Å². The van der Waals surface area contributed by atoms with E-state index in [0.717, 1.165) is 39.6 Å². The molecular weight excluding hydrogens is 464 g/mol. The fourth-order valence-corrected chi connectivity index (χ4v) is 5.13. The van der Waals surface area contributed by atoms with Crippen molar-refractivity contribution >= 4 is 39.9 Å². The van der Waals surface area contributed by atoms with Crippen LogP contribution in [0.1, 0.15) is 36.9 Å². The number of aromatic nitrogens is 2. The Bertz CT molecular complexity index is 1340. The highest BCUT2D eigenvalue weighted by Crippen LogP contribution is 2.40. The lowest BCUT2D eigenvalue weighted by Gasteiger charge is -2.37. The van der Waals surface area contributed by atoms with Crippen LogP contribution < -0.4 is 15.0 Å². The quantitative estimate of drug-likeness (QED) is 0.323. The summed E-state index contributed by atoms with van der Waals surface area (Å²) >= 11 is 7.42. The molecule has 0 aliphatic carbocycles. The molecule has 0 fully saturated rings. The van der Waals surface area contributed by atoms with Gasteiger partial charge in [-0.3, -0.25) is 4.90 Å². The third kappa shape index (κ3) is 4.10. The van der Waals surface area contributed by atoms with Crippen LogP contribution in [0.2, 0.25) is 0 Å². The van der Waals surface area contributed by atoms with Crippen LogP contribution in [-0.2, 0) is 6.42 Å². The van der Waals surface area contributed by atoms with E-state index < -0.39 is 0 Å². The molecule has 1 unspecified atom stereocenters. The maximum atomic E-state index is 5.84. The highest BCUT2D eigenvalue weighted by molar-refractivity contribution is 7.80. The van der Waals surface area contributed by atoms with Crippen LogP contribution in [0.3, 0.4) is 0 Å². The maximum Gasteiger partial charge on any atom is 0.258 e. The standard InChI is InChI=1S/C26H24N4O2S2/c1-4-17-10-12-19(13-11-17)30-16(2)22(25-28-24(29-32-25)21-9-6-14-34-21)23(27-26(30)33)18-7-5-8-20(15-18)31-3/h5-15,23H,4H2,1-3H3,(H,27,33). The summed E-state index contributed by atoms with van der Waals surface area (Å²) < 4.78 is 11.3. The summed E-state index contributed by atoms with van der Waals surface area (Å²) in [7, 11) is 1.66. The van der Waals surface area contributed by atoms with E-state index >= 15 is 0 Å². The minimum Gasteiger partial charge on any atom is -0.497 e. The number of anilines is 1. The lowest BCUT2D eigenvalue weighted by atomic mass is 9.94. The predicted octanol–water partition coefficient (Wildman–Crippen LogP) is 6.24. The molecule has 1 atom stereocenters. The van der Waals surface area contributed by atoms with Gasteiger partial charge in [0.15, 0.2) is 5.11 Å². The summed E-state index contributed by atoms with van der Waals surface area (Å²) in [5.41, 5.74) is 5.05. The highest BCUT2D eigenvalue weighted by Gasteiger charge is 2.35. The van der Waals surface area contributed by atoms with E-state index in [1.165, 1.54) is 5.56 Å². The van der Waals surface area contributed by atoms with Crippen LogP contribution in [0.25, 0.3) is 16.3 Å². The predicted molar refractivity (Wildman–Crippen MR) is 140 cm³/mol. The van der Waals surface area contributed by atoms with E-state index in [0.29, 0.717) is 16.8 Å². The monoisotopic (exact) mass is 488 g/mol. The first-order chi connectivity index (χ1) is 16.6. The molecule has 0 amide bonds. The van der Waals surface area contributed by atoms with Crippen LogP contribution in [0, 0.1) is 0 Å². The van der Waals surface area contributed by atoms with Crippen molar-refractivity contribution in [2.75, 3.05) is 12.0 Å². The number of nitrogens with zero attached hydrogens (tertiary/aromatic N) is 3. The second-order valence-electron chi connectivity index (χ2n) is 7.91. The van der Waals surface area contributed by atoms with Crippen molar-refractivity contribution in [3.05, 3.63) is 88.8 Å². The molecule has 0 saturated heterocycles. The molecule has 5 rings (SSSR count). The number of ether oxygens (including phenoxy) is 1. The first kappa shape index (κ1) is 22.3. The van der Waals surface area contributed by atoms with E-state index in [1.54, 1.807) is 18.4 Å². The highest BCUT2D eigenvalue weighted by atomic mass is 32.1. The van der Waals surface area contributed by atoms with Gasteiger partial charge in [0.2, 0.25) is 5.82 Å². The van der Waals surface area contributed by atoms with Crippen molar-refractivity contribution in [1.29, 1.82) is 0 Å². The first-order valence-corrected chi connectivity index (χ1v) is 12.3. The number of rotatable bonds is 6. The molecule has 172 valence electrons. The zero-order valence-corrected chi connectivity index (χ0v) is 20.7. The lowest BCUT2D eigenvalue weighted by molar-refractivity contribution is 0.403. The Hall–Kier alpha value is -3.49. The van der Waals surface area contributed by atoms with Gasteiger partial charge in [-0.25, -0.2) is 0 Å². The molecule has 0 radical (unpaired) electrons. The molecule has 1 aliphatic rings. The molecule has 0 saturated carbocycles. The average Bonchev–Trinajstić information content (AvgIpc) is 3.56. The van der Waals surface area contributed by atoms with Gasteiger partial charge in [-0.2, -0.15) is 4.98 Å².